The Morgan fingerprint density at radius 3 is 2.25 bits per heavy atom. The van der Waals surface area contributed by atoms with Crippen molar-refractivity contribution in [3.63, 3.8) is 0 Å². The van der Waals surface area contributed by atoms with Crippen LogP contribution in [0.25, 0.3) is 0 Å². The van der Waals surface area contributed by atoms with Gasteiger partial charge in [-0.1, -0.05) is 55.5 Å². The number of hydrogen-bond acceptors (Lipinski definition) is 2. The summed E-state index contributed by atoms with van der Waals surface area (Å²) in [5.41, 5.74) is 1.90. The molecule has 0 aliphatic heterocycles. The summed E-state index contributed by atoms with van der Waals surface area (Å²) in [6.45, 7) is 1.79. The molecule has 0 saturated carbocycles. The molecule has 1 atom stereocenters. The van der Waals surface area contributed by atoms with Crippen molar-refractivity contribution in [2.24, 2.45) is 0 Å². The van der Waals surface area contributed by atoms with Gasteiger partial charge in [-0.15, -0.1) is 0 Å². The summed E-state index contributed by atoms with van der Waals surface area (Å²) in [5.74, 6) is -1.65. The highest BCUT2D eigenvalue weighted by Gasteiger charge is 2.22. The number of carbonyl (C=O) groups excluding carboxylic acids is 1. The minimum Gasteiger partial charge on any atom is -0.481 e. The van der Waals surface area contributed by atoms with Crippen LogP contribution in [0.4, 0.5) is 0 Å². The normalized spacial score (nSPS) is 11.8. The van der Waals surface area contributed by atoms with Crippen LogP contribution in [0, 0.1) is 0 Å². The second-order valence-corrected chi connectivity index (χ2v) is 4.58. The van der Waals surface area contributed by atoms with E-state index in [1.807, 2.05) is 18.2 Å². The third kappa shape index (κ3) is 2.94. The quantitative estimate of drug-likeness (QED) is 0.844. The van der Waals surface area contributed by atoms with E-state index in [1.54, 1.807) is 43.3 Å². The van der Waals surface area contributed by atoms with E-state index in [9.17, 15) is 14.7 Å². The van der Waals surface area contributed by atoms with Crippen LogP contribution in [0.2, 0.25) is 0 Å². The van der Waals surface area contributed by atoms with Crippen LogP contribution in [-0.2, 0) is 4.79 Å². The smallest absolute Gasteiger partial charge is 0.315 e. The summed E-state index contributed by atoms with van der Waals surface area (Å²) in [5, 5.41) is 9.48. The Balaban J connectivity index is 2.46. The van der Waals surface area contributed by atoms with E-state index in [0.29, 0.717) is 23.1 Å². The number of aliphatic carboxylic acids is 1. The monoisotopic (exact) mass is 268 g/mol. The fourth-order valence-electron chi connectivity index (χ4n) is 2.22. The van der Waals surface area contributed by atoms with Crippen LogP contribution in [0.1, 0.15) is 40.7 Å². The maximum absolute atomic E-state index is 11.7. The van der Waals surface area contributed by atoms with E-state index in [-0.39, 0.29) is 5.78 Å². The van der Waals surface area contributed by atoms with Gasteiger partial charge in [0.05, 0.1) is 0 Å². The number of hydrogen-bond donors (Lipinski definition) is 1. The maximum Gasteiger partial charge on any atom is 0.315 e. The first-order chi connectivity index (χ1) is 9.63. The molecule has 3 nitrogen and oxygen atoms in total. The lowest BCUT2D eigenvalue weighted by Crippen LogP contribution is -2.13. The van der Waals surface area contributed by atoms with E-state index in [2.05, 4.69) is 0 Å². The van der Waals surface area contributed by atoms with Crippen molar-refractivity contribution < 1.29 is 14.7 Å². The molecule has 1 unspecified atom stereocenters. The van der Waals surface area contributed by atoms with Crippen molar-refractivity contribution in [1.82, 2.24) is 0 Å². The first-order valence-corrected chi connectivity index (χ1v) is 6.54. The van der Waals surface area contributed by atoms with Gasteiger partial charge >= 0.3 is 5.97 Å². The summed E-state index contributed by atoms with van der Waals surface area (Å²) in [6, 6.07) is 15.9. The number of carboxylic acids is 1. The number of Topliss-reactive ketones (excluding diaryl/α,β-unsaturated/α-hetero) is 1. The van der Waals surface area contributed by atoms with Crippen molar-refractivity contribution in [3.8, 4) is 0 Å². The molecule has 0 aliphatic carbocycles. The standard InChI is InChI=1S/C17H16O3/c1-2-15(18)13-9-6-10-14(11-13)16(17(19)20)12-7-4-3-5-8-12/h3-11,16H,2H2,1H3,(H,19,20). The third-order valence-electron chi connectivity index (χ3n) is 3.24. The highest BCUT2D eigenvalue weighted by molar-refractivity contribution is 5.96. The molecule has 2 aromatic carbocycles. The van der Waals surface area contributed by atoms with Crippen LogP contribution in [0.15, 0.2) is 54.6 Å². The zero-order valence-corrected chi connectivity index (χ0v) is 11.2. The Hall–Kier alpha value is -2.42. The minimum absolute atomic E-state index is 0.0176. The Morgan fingerprint density at radius 1 is 1.00 bits per heavy atom. The fraction of sp³-hybridized carbons (Fsp3) is 0.176. The van der Waals surface area contributed by atoms with Crippen LogP contribution >= 0.6 is 0 Å². The molecular formula is C17H16O3. The van der Waals surface area contributed by atoms with Gasteiger partial charge in [0.15, 0.2) is 5.78 Å². The molecule has 0 amide bonds. The highest BCUT2D eigenvalue weighted by Crippen LogP contribution is 2.25. The highest BCUT2D eigenvalue weighted by atomic mass is 16.4. The summed E-state index contributed by atoms with van der Waals surface area (Å²) < 4.78 is 0. The second-order valence-electron chi connectivity index (χ2n) is 4.58. The van der Waals surface area contributed by atoms with E-state index >= 15 is 0 Å². The van der Waals surface area contributed by atoms with Gasteiger partial charge in [0.2, 0.25) is 0 Å². The van der Waals surface area contributed by atoms with Crippen molar-refractivity contribution in [2.75, 3.05) is 0 Å². The number of carbonyl (C=O) groups is 2. The fourth-order valence-corrected chi connectivity index (χ4v) is 2.22. The first-order valence-electron chi connectivity index (χ1n) is 6.54. The van der Waals surface area contributed by atoms with Crippen LogP contribution in [0.3, 0.4) is 0 Å². The predicted molar refractivity (Wildman–Crippen MR) is 77.0 cm³/mol. The van der Waals surface area contributed by atoms with Crippen LogP contribution < -0.4 is 0 Å². The first kappa shape index (κ1) is 14.0. The van der Waals surface area contributed by atoms with E-state index < -0.39 is 11.9 Å². The summed E-state index contributed by atoms with van der Waals surface area (Å²) >= 11 is 0. The predicted octanol–water partition coefficient (Wildman–Crippen LogP) is 3.50. The molecule has 3 heteroatoms. The summed E-state index contributed by atoms with van der Waals surface area (Å²) in [4.78, 5) is 23.3. The molecule has 0 radical (unpaired) electrons. The molecule has 20 heavy (non-hydrogen) atoms. The molecule has 0 saturated heterocycles. The van der Waals surface area contributed by atoms with E-state index in [0.717, 1.165) is 0 Å². The summed E-state index contributed by atoms with van der Waals surface area (Å²) in [6.07, 6.45) is 0.409. The van der Waals surface area contributed by atoms with Crippen molar-refractivity contribution >= 4 is 11.8 Å². The summed E-state index contributed by atoms with van der Waals surface area (Å²) in [7, 11) is 0. The van der Waals surface area contributed by atoms with Gasteiger partial charge < -0.3 is 5.11 Å². The van der Waals surface area contributed by atoms with E-state index in [1.165, 1.54) is 0 Å². The molecule has 2 aromatic rings. The third-order valence-corrected chi connectivity index (χ3v) is 3.24. The second kappa shape index (κ2) is 6.15. The van der Waals surface area contributed by atoms with Gasteiger partial charge in [-0.25, -0.2) is 0 Å². The molecule has 0 spiro atoms. The molecular weight excluding hydrogens is 252 g/mol. The van der Waals surface area contributed by atoms with Gasteiger partial charge in [-0.3, -0.25) is 9.59 Å². The molecule has 0 bridgehead atoms. The molecule has 0 fully saturated rings. The number of ketones is 1. The number of rotatable bonds is 5. The van der Waals surface area contributed by atoms with E-state index in [4.69, 9.17) is 0 Å². The molecule has 0 aliphatic rings. The molecule has 0 heterocycles. The Kier molecular flexibility index (Phi) is 4.31. The van der Waals surface area contributed by atoms with Gasteiger partial charge in [-0.05, 0) is 17.2 Å². The lowest BCUT2D eigenvalue weighted by Gasteiger charge is -2.14. The van der Waals surface area contributed by atoms with Crippen LogP contribution in [0.5, 0.6) is 0 Å². The van der Waals surface area contributed by atoms with Crippen molar-refractivity contribution in [2.45, 2.75) is 19.3 Å². The average Bonchev–Trinajstić information content (AvgIpc) is 2.47. The van der Waals surface area contributed by atoms with Crippen LogP contribution in [-0.4, -0.2) is 16.9 Å². The topological polar surface area (TPSA) is 54.4 Å². The largest absolute Gasteiger partial charge is 0.481 e. The number of benzene rings is 2. The SMILES string of the molecule is CCC(=O)c1cccc(C(C(=O)O)c2ccccc2)c1. The Morgan fingerprint density at radius 2 is 1.65 bits per heavy atom. The van der Waals surface area contributed by atoms with Gasteiger partial charge in [0, 0.05) is 12.0 Å². The zero-order chi connectivity index (χ0) is 14.5. The maximum atomic E-state index is 11.7. The lowest BCUT2D eigenvalue weighted by molar-refractivity contribution is -0.137. The zero-order valence-electron chi connectivity index (χ0n) is 11.2. The van der Waals surface area contributed by atoms with Crippen molar-refractivity contribution in [3.05, 3.63) is 71.3 Å². The molecule has 1 N–H and O–H groups in total. The molecule has 102 valence electrons. The molecule has 0 aromatic heterocycles. The lowest BCUT2D eigenvalue weighted by atomic mass is 9.90. The molecule has 2 rings (SSSR count). The van der Waals surface area contributed by atoms with Gasteiger partial charge in [-0.2, -0.15) is 0 Å². The average molecular weight is 268 g/mol. The van der Waals surface area contributed by atoms with Gasteiger partial charge in [0.25, 0.3) is 0 Å². The Labute approximate surface area is 117 Å². The van der Waals surface area contributed by atoms with Crippen molar-refractivity contribution in [1.29, 1.82) is 0 Å². The number of carboxylic acid groups (broad SMARTS) is 1. The van der Waals surface area contributed by atoms with Gasteiger partial charge in [0.1, 0.15) is 5.92 Å². The Bertz CT molecular complexity index is 617. The minimum atomic E-state index is -0.919.